The lowest BCUT2D eigenvalue weighted by Gasteiger charge is -2.08. The van der Waals surface area contributed by atoms with Gasteiger partial charge in [-0.1, -0.05) is 25.5 Å². The largest absolute Gasteiger partial charge is 0.481 e. The van der Waals surface area contributed by atoms with Crippen LogP contribution in [0.1, 0.15) is 54.9 Å². The minimum Gasteiger partial charge on any atom is -0.481 e. The van der Waals surface area contributed by atoms with Crippen LogP contribution in [0.15, 0.2) is 24.3 Å². The van der Waals surface area contributed by atoms with E-state index in [1.165, 1.54) is 0 Å². The number of primary amides is 1. The molecular weight excluding hydrogens is 316 g/mol. The van der Waals surface area contributed by atoms with Crippen LogP contribution in [-0.4, -0.2) is 17.0 Å². The minimum atomic E-state index is -1.13. The van der Waals surface area contributed by atoms with E-state index in [1.807, 2.05) is 13.0 Å². The number of hydrogen-bond acceptors (Lipinski definition) is 2. The van der Waals surface area contributed by atoms with Gasteiger partial charge in [-0.15, -0.1) is 0 Å². The molecule has 0 aliphatic carbocycles. The van der Waals surface area contributed by atoms with Crippen LogP contribution in [0.4, 0.5) is 8.78 Å². The van der Waals surface area contributed by atoms with Gasteiger partial charge in [0, 0.05) is 0 Å². The second-order valence-electron chi connectivity index (χ2n) is 5.70. The van der Waals surface area contributed by atoms with E-state index >= 15 is 0 Å². The second-order valence-corrected chi connectivity index (χ2v) is 5.70. The number of rotatable bonds is 10. The van der Waals surface area contributed by atoms with Gasteiger partial charge in [0.1, 0.15) is 17.2 Å². The Balaban J connectivity index is 2.40. The zero-order valence-corrected chi connectivity index (χ0v) is 13.7. The van der Waals surface area contributed by atoms with Crippen LogP contribution in [0.3, 0.4) is 0 Å². The molecule has 4 nitrogen and oxygen atoms in total. The van der Waals surface area contributed by atoms with Crippen LogP contribution in [0, 0.1) is 17.6 Å². The number of benzene rings is 1. The Morgan fingerprint density at radius 1 is 1.21 bits per heavy atom. The molecule has 0 spiro atoms. The molecule has 0 aliphatic heterocycles. The highest BCUT2D eigenvalue weighted by molar-refractivity contribution is 5.93. The van der Waals surface area contributed by atoms with Crippen molar-refractivity contribution < 1.29 is 23.5 Å². The van der Waals surface area contributed by atoms with Gasteiger partial charge in [-0.3, -0.25) is 9.59 Å². The first-order chi connectivity index (χ1) is 11.4. The van der Waals surface area contributed by atoms with Crippen molar-refractivity contribution in [3.05, 3.63) is 47.0 Å². The van der Waals surface area contributed by atoms with Crippen LogP contribution >= 0.6 is 0 Å². The van der Waals surface area contributed by atoms with E-state index in [-0.39, 0.29) is 5.92 Å². The molecule has 0 saturated heterocycles. The van der Waals surface area contributed by atoms with Gasteiger partial charge >= 0.3 is 5.97 Å². The van der Waals surface area contributed by atoms with Crippen LogP contribution in [0.5, 0.6) is 0 Å². The molecule has 1 aromatic carbocycles. The molecule has 1 atom stereocenters. The fraction of sp³-hybridized carbons (Fsp3) is 0.444. The van der Waals surface area contributed by atoms with Crippen molar-refractivity contribution in [3.63, 3.8) is 0 Å². The van der Waals surface area contributed by atoms with E-state index in [0.29, 0.717) is 24.8 Å². The summed E-state index contributed by atoms with van der Waals surface area (Å²) >= 11 is 0. The number of nitrogens with two attached hydrogens (primary N) is 1. The summed E-state index contributed by atoms with van der Waals surface area (Å²) in [6.45, 7) is 1.86. The Kier molecular flexibility index (Phi) is 8.09. The Labute approximate surface area is 140 Å². The van der Waals surface area contributed by atoms with Crippen molar-refractivity contribution in [2.24, 2.45) is 11.7 Å². The lowest BCUT2D eigenvalue weighted by molar-refractivity contribution is -0.142. The summed E-state index contributed by atoms with van der Waals surface area (Å²) in [5.41, 5.74) is 4.62. The first-order valence-electron chi connectivity index (χ1n) is 8.02. The SMILES string of the molecule is CCC(CCCCC=CCc1cc(F)c(C(N)=O)c(F)c1)C(=O)O. The average molecular weight is 339 g/mol. The van der Waals surface area contributed by atoms with E-state index in [2.05, 4.69) is 0 Å². The molecule has 0 aliphatic rings. The van der Waals surface area contributed by atoms with Gasteiger partial charge in [-0.2, -0.15) is 0 Å². The summed E-state index contributed by atoms with van der Waals surface area (Å²) in [4.78, 5) is 21.8. The molecule has 1 rings (SSSR count). The van der Waals surface area contributed by atoms with E-state index in [9.17, 15) is 18.4 Å². The number of carbonyl (C=O) groups excluding carboxylic acids is 1. The molecule has 6 heteroatoms. The summed E-state index contributed by atoms with van der Waals surface area (Å²) in [6, 6.07) is 2.21. The average Bonchev–Trinajstić information content (AvgIpc) is 2.48. The van der Waals surface area contributed by atoms with Crippen molar-refractivity contribution in [2.45, 2.75) is 45.4 Å². The highest BCUT2D eigenvalue weighted by atomic mass is 19.1. The van der Waals surface area contributed by atoms with Crippen LogP contribution in [0.25, 0.3) is 0 Å². The fourth-order valence-corrected chi connectivity index (χ4v) is 2.47. The maximum Gasteiger partial charge on any atom is 0.306 e. The van der Waals surface area contributed by atoms with Crippen molar-refractivity contribution >= 4 is 11.9 Å². The molecule has 0 radical (unpaired) electrons. The topological polar surface area (TPSA) is 80.4 Å². The summed E-state index contributed by atoms with van der Waals surface area (Å²) in [5, 5.41) is 8.93. The summed E-state index contributed by atoms with van der Waals surface area (Å²) in [5.74, 6) is -4.07. The monoisotopic (exact) mass is 339 g/mol. The normalized spacial score (nSPS) is 12.5. The first kappa shape index (κ1) is 19.8. The van der Waals surface area contributed by atoms with Gasteiger partial charge in [0.15, 0.2) is 0 Å². The Bertz CT molecular complexity index is 591. The maximum absolute atomic E-state index is 13.6. The van der Waals surface area contributed by atoms with Crippen molar-refractivity contribution in [1.29, 1.82) is 0 Å². The number of halogens is 2. The molecule has 24 heavy (non-hydrogen) atoms. The predicted molar refractivity (Wildman–Crippen MR) is 87.6 cm³/mol. The molecule has 1 aromatic rings. The van der Waals surface area contributed by atoms with Gasteiger partial charge in [0.2, 0.25) is 0 Å². The molecule has 3 N–H and O–H groups in total. The number of carboxylic acids is 1. The Morgan fingerprint density at radius 2 is 1.83 bits per heavy atom. The third-order valence-electron chi connectivity index (χ3n) is 3.88. The van der Waals surface area contributed by atoms with E-state index in [0.717, 1.165) is 31.4 Å². The summed E-state index contributed by atoms with van der Waals surface area (Å²) < 4.78 is 27.2. The Hall–Kier alpha value is -2.24. The van der Waals surface area contributed by atoms with Gasteiger partial charge in [0.05, 0.1) is 5.92 Å². The van der Waals surface area contributed by atoms with Crippen molar-refractivity contribution in [3.8, 4) is 0 Å². The molecule has 132 valence electrons. The van der Waals surface area contributed by atoms with E-state index in [1.54, 1.807) is 6.08 Å². The maximum atomic E-state index is 13.6. The van der Waals surface area contributed by atoms with Crippen molar-refractivity contribution in [1.82, 2.24) is 0 Å². The summed E-state index contributed by atoms with van der Waals surface area (Å²) in [6.07, 6.45) is 7.80. The van der Waals surface area contributed by atoms with E-state index in [4.69, 9.17) is 10.8 Å². The number of carboxylic acid groups (broad SMARTS) is 1. The van der Waals surface area contributed by atoms with Crippen LogP contribution in [0.2, 0.25) is 0 Å². The lowest BCUT2D eigenvalue weighted by atomic mass is 9.99. The number of carbonyl (C=O) groups is 2. The van der Waals surface area contributed by atoms with Gasteiger partial charge in [-0.05, 0) is 49.8 Å². The zero-order valence-electron chi connectivity index (χ0n) is 13.7. The Morgan fingerprint density at radius 3 is 2.33 bits per heavy atom. The molecule has 0 saturated carbocycles. The van der Waals surface area contributed by atoms with Gasteiger partial charge in [0.25, 0.3) is 5.91 Å². The molecule has 0 heterocycles. The molecule has 1 amide bonds. The number of amides is 1. The number of allylic oxidation sites excluding steroid dienone is 2. The first-order valence-corrected chi connectivity index (χ1v) is 8.02. The number of hydrogen-bond donors (Lipinski definition) is 2. The summed E-state index contributed by atoms with van der Waals surface area (Å²) in [7, 11) is 0. The second kappa shape index (κ2) is 9.80. The predicted octanol–water partition coefficient (Wildman–Crippen LogP) is 3.83. The lowest BCUT2D eigenvalue weighted by Crippen LogP contribution is -2.15. The minimum absolute atomic E-state index is 0.288. The van der Waals surface area contributed by atoms with Crippen molar-refractivity contribution in [2.75, 3.05) is 0 Å². The zero-order chi connectivity index (χ0) is 18.1. The highest BCUT2D eigenvalue weighted by Gasteiger charge is 2.15. The number of unbranched alkanes of at least 4 members (excludes halogenated alkanes) is 2. The third kappa shape index (κ3) is 6.10. The van der Waals surface area contributed by atoms with Gasteiger partial charge in [-0.25, -0.2) is 8.78 Å². The standard InChI is InChI=1S/C18H23F2NO3/c1-2-13(18(23)24)9-7-5-3-4-6-8-12-10-14(19)16(17(21)22)15(20)11-12/h4,6,10-11,13H,2-3,5,7-9H2,1H3,(H2,21,22)(H,23,24). The highest BCUT2D eigenvalue weighted by Crippen LogP contribution is 2.16. The third-order valence-corrected chi connectivity index (χ3v) is 3.88. The molecular formula is C18H23F2NO3. The van der Waals surface area contributed by atoms with E-state index < -0.39 is 29.1 Å². The molecule has 0 aromatic heterocycles. The molecule has 1 unspecified atom stereocenters. The van der Waals surface area contributed by atoms with Crippen LogP contribution < -0.4 is 5.73 Å². The fourth-order valence-electron chi connectivity index (χ4n) is 2.47. The number of aliphatic carboxylic acids is 1. The quantitative estimate of drug-likeness (QED) is 0.502. The molecule has 0 bridgehead atoms. The smallest absolute Gasteiger partial charge is 0.306 e. The molecule has 0 fully saturated rings. The van der Waals surface area contributed by atoms with Crippen LogP contribution in [-0.2, 0) is 11.2 Å². The van der Waals surface area contributed by atoms with Gasteiger partial charge < -0.3 is 10.8 Å².